The molecule has 0 spiro atoms. The highest BCUT2D eigenvalue weighted by molar-refractivity contribution is 5.85. The lowest BCUT2D eigenvalue weighted by molar-refractivity contribution is -0.132. The van der Waals surface area contributed by atoms with Gasteiger partial charge in [0.15, 0.2) is 0 Å². The molecule has 0 saturated carbocycles. The summed E-state index contributed by atoms with van der Waals surface area (Å²) >= 11 is 0. The number of aromatic nitrogens is 2. The summed E-state index contributed by atoms with van der Waals surface area (Å²) < 4.78 is 5.72. The molecule has 0 bridgehead atoms. The van der Waals surface area contributed by atoms with Gasteiger partial charge in [0.2, 0.25) is 5.91 Å². The molecule has 0 unspecified atom stereocenters. The highest BCUT2D eigenvalue weighted by Gasteiger charge is 2.41. The highest BCUT2D eigenvalue weighted by atomic mass is 35.5. The van der Waals surface area contributed by atoms with Crippen molar-refractivity contribution in [1.29, 1.82) is 0 Å². The lowest BCUT2D eigenvalue weighted by atomic mass is 10.1. The number of nitrogens with one attached hydrogen (secondary N) is 2. The maximum Gasteiger partial charge on any atom is 0.249 e. The maximum atomic E-state index is 11.9. The Morgan fingerprint density at radius 1 is 1.47 bits per heavy atom. The number of halogens is 1. The van der Waals surface area contributed by atoms with Crippen molar-refractivity contribution in [3.63, 3.8) is 0 Å². The molecule has 0 aliphatic carbocycles. The van der Waals surface area contributed by atoms with Crippen LogP contribution in [0.5, 0.6) is 0 Å². The second kappa shape index (κ2) is 6.27. The summed E-state index contributed by atoms with van der Waals surface area (Å²) in [5.41, 5.74) is 0. The number of rotatable bonds is 3. The minimum absolute atomic E-state index is 0. The van der Waals surface area contributed by atoms with Crippen LogP contribution in [0.25, 0.3) is 0 Å². The third kappa shape index (κ3) is 3.20. The second-order valence-electron chi connectivity index (χ2n) is 4.63. The summed E-state index contributed by atoms with van der Waals surface area (Å²) in [6, 6.07) is 2.09. The van der Waals surface area contributed by atoms with Crippen LogP contribution in [0.15, 0.2) is 18.5 Å². The van der Waals surface area contributed by atoms with E-state index in [1.54, 1.807) is 18.5 Å². The molecule has 0 aromatic carbocycles. The number of ether oxygens (including phenoxy) is 1. The number of nitrogens with zero attached hydrogens (tertiary/aromatic N) is 2. The molecule has 2 saturated heterocycles. The van der Waals surface area contributed by atoms with Crippen LogP contribution in [0.3, 0.4) is 0 Å². The third-order valence-electron chi connectivity index (χ3n) is 3.42. The predicted octanol–water partition coefficient (Wildman–Crippen LogP) is 0.0340. The van der Waals surface area contributed by atoms with E-state index in [0.717, 1.165) is 19.4 Å². The first kappa shape index (κ1) is 14.2. The molecule has 0 radical (unpaired) electrons. The molecule has 1 aromatic rings. The van der Waals surface area contributed by atoms with E-state index in [-0.39, 0.29) is 30.5 Å². The van der Waals surface area contributed by atoms with Crippen molar-refractivity contribution in [2.24, 2.45) is 0 Å². The van der Waals surface area contributed by atoms with Gasteiger partial charge in [-0.25, -0.2) is 9.97 Å². The minimum Gasteiger partial charge on any atom is -0.363 e. The number of carbonyl (C=O) groups excluding carboxylic acids is 1. The summed E-state index contributed by atoms with van der Waals surface area (Å²) in [4.78, 5) is 20.0. The van der Waals surface area contributed by atoms with Gasteiger partial charge in [-0.2, -0.15) is 0 Å². The molecule has 2 aliphatic rings. The Balaban J connectivity index is 0.00000133. The lowest BCUT2D eigenvalue weighted by Crippen LogP contribution is -2.35. The van der Waals surface area contributed by atoms with E-state index in [2.05, 4.69) is 20.6 Å². The van der Waals surface area contributed by atoms with Gasteiger partial charge < -0.3 is 15.4 Å². The van der Waals surface area contributed by atoms with Gasteiger partial charge in [0.1, 0.15) is 11.9 Å². The second-order valence-corrected chi connectivity index (χ2v) is 4.63. The van der Waals surface area contributed by atoms with Gasteiger partial charge in [-0.3, -0.25) is 4.79 Å². The smallest absolute Gasteiger partial charge is 0.249 e. The molecule has 1 aromatic heterocycles. The zero-order chi connectivity index (χ0) is 12.4. The molecule has 19 heavy (non-hydrogen) atoms. The Morgan fingerprint density at radius 2 is 2.26 bits per heavy atom. The van der Waals surface area contributed by atoms with Crippen molar-refractivity contribution in [3.05, 3.63) is 24.3 Å². The van der Waals surface area contributed by atoms with Crippen molar-refractivity contribution in [2.45, 2.75) is 37.6 Å². The minimum atomic E-state index is -0.337. The van der Waals surface area contributed by atoms with E-state index >= 15 is 0 Å². The van der Waals surface area contributed by atoms with E-state index < -0.39 is 0 Å². The Bertz CT molecular complexity index is 419. The van der Waals surface area contributed by atoms with Gasteiger partial charge in [-0.1, -0.05) is 0 Å². The molecule has 6 nitrogen and oxygen atoms in total. The molecule has 3 atom stereocenters. The highest BCUT2D eigenvalue weighted by Crippen LogP contribution is 2.26. The summed E-state index contributed by atoms with van der Waals surface area (Å²) in [6.45, 7) is 1.34. The SMILES string of the molecule is Cl.O=C(NCc1ncccn1)[C@@H]1C[C@H]2NCC[C@H]2O1. The van der Waals surface area contributed by atoms with Crippen LogP contribution in [0.2, 0.25) is 0 Å². The molecule has 104 valence electrons. The van der Waals surface area contributed by atoms with Crippen LogP contribution >= 0.6 is 12.4 Å². The summed E-state index contributed by atoms with van der Waals surface area (Å²) in [5.74, 6) is 0.542. The van der Waals surface area contributed by atoms with E-state index in [1.165, 1.54) is 0 Å². The van der Waals surface area contributed by atoms with E-state index in [1.807, 2.05) is 0 Å². The van der Waals surface area contributed by atoms with Crippen molar-refractivity contribution in [2.75, 3.05) is 6.54 Å². The van der Waals surface area contributed by atoms with Gasteiger partial charge in [0.05, 0.1) is 12.6 Å². The van der Waals surface area contributed by atoms with Crippen molar-refractivity contribution < 1.29 is 9.53 Å². The summed E-state index contributed by atoms with van der Waals surface area (Å²) in [6.07, 6.45) is 4.94. The van der Waals surface area contributed by atoms with Crippen LogP contribution in [-0.2, 0) is 16.1 Å². The van der Waals surface area contributed by atoms with Gasteiger partial charge in [0.25, 0.3) is 0 Å². The molecule has 2 N–H and O–H groups in total. The van der Waals surface area contributed by atoms with Crippen LogP contribution in [0.1, 0.15) is 18.7 Å². The molecule has 7 heteroatoms. The zero-order valence-corrected chi connectivity index (χ0v) is 11.2. The number of amides is 1. The Labute approximate surface area is 117 Å². The first-order valence-electron chi connectivity index (χ1n) is 6.25. The monoisotopic (exact) mass is 284 g/mol. The van der Waals surface area contributed by atoms with E-state index in [4.69, 9.17) is 4.74 Å². The number of fused-ring (bicyclic) bond motifs is 1. The number of hydrogen-bond donors (Lipinski definition) is 2. The first-order valence-corrected chi connectivity index (χ1v) is 6.25. The molecule has 1 amide bonds. The van der Waals surface area contributed by atoms with Crippen molar-refractivity contribution in [1.82, 2.24) is 20.6 Å². The van der Waals surface area contributed by atoms with Crippen molar-refractivity contribution >= 4 is 18.3 Å². The molecule has 2 aliphatic heterocycles. The molecule has 3 rings (SSSR count). The largest absolute Gasteiger partial charge is 0.363 e. The molecular weight excluding hydrogens is 268 g/mol. The summed E-state index contributed by atoms with van der Waals surface area (Å²) in [7, 11) is 0. The van der Waals surface area contributed by atoms with Crippen molar-refractivity contribution in [3.8, 4) is 0 Å². The normalized spacial score (nSPS) is 28.5. The fraction of sp³-hybridized carbons (Fsp3) is 0.583. The van der Waals surface area contributed by atoms with Gasteiger partial charge in [-0.05, 0) is 19.0 Å². The Morgan fingerprint density at radius 3 is 3.00 bits per heavy atom. The summed E-state index contributed by atoms with van der Waals surface area (Å²) in [5, 5.41) is 6.16. The number of hydrogen-bond acceptors (Lipinski definition) is 5. The Hall–Kier alpha value is -1.24. The topological polar surface area (TPSA) is 76.1 Å². The lowest BCUT2D eigenvalue weighted by Gasteiger charge is -2.11. The average molecular weight is 285 g/mol. The third-order valence-corrected chi connectivity index (χ3v) is 3.42. The van der Waals surface area contributed by atoms with Crippen LogP contribution in [0, 0.1) is 0 Å². The molecule has 2 fully saturated rings. The predicted molar refractivity (Wildman–Crippen MR) is 70.8 cm³/mol. The number of carbonyl (C=O) groups is 1. The van der Waals surface area contributed by atoms with Gasteiger partial charge >= 0.3 is 0 Å². The van der Waals surface area contributed by atoms with E-state index in [0.29, 0.717) is 18.4 Å². The average Bonchev–Trinajstić information content (AvgIpc) is 2.98. The van der Waals surface area contributed by atoms with Crippen LogP contribution in [-0.4, -0.2) is 40.7 Å². The van der Waals surface area contributed by atoms with Crippen LogP contribution < -0.4 is 10.6 Å². The molecule has 3 heterocycles. The van der Waals surface area contributed by atoms with Gasteiger partial charge in [-0.15, -0.1) is 12.4 Å². The zero-order valence-electron chi connectivity index (χ0n) is 10.4. The Kier molecular flexibility index (Phi) is 4.68. The van der Waals surface area contributed by atoms with E-state index in [9.17, 15) is 4.79 Å². The molecular formula is C12H17ClN4O2. The maximum absolute atomic E-state index is 11.9. The van der Waals surface area contributed by atoms with Gasteiger partial charge in [0, 0.05) is 24.9 Å². The quantitative estimate of drug-likeness (QED) is 0.819. The fourth-order valence-corrected chi connectivity index (χ4v) is 2.51. The standard InChI is InChI=1S/C12H16N4O2.ClH/c17-12(16-7-11-14-3-1-4-15-11)10-6-8-9(18-10)2-5-13-8;/h1,3-4,8-10,13H,2,5-7H2,(H,16,17);1H/t8-,9-,10+;/m1./s1. The fourth-order valence-electron chi connectivity index (χ4n) is 2.51. The first-order chi connectivity index (χ1) is 8.83. The van der Waals surface area contributed by atoms with Crippen LogP contribution in [0.4, 0.5) is 0 Å².